The molecular weight excluding hydrogens is 163 g/mol. The zero-order valence-electron chi connectivity index (χ0n) is 7.21. The predicted octanol–water partition coefficient (Wildman–Crippen LogP) is 1.82. The second kappa shape index (κ2) is 8.41. The summed E-state index contributed by atoms with van der Waals surface area (Å²) in [6.45, 7) is 4.90. The van der Waals surface area contributed by atoms with E-state index in [0.29, 0.717) is 13.2 Å². The molecule has 1 atom stereocenters. The van der Waals surface area contributed by atoms with Gasteiger partial charge in [0.15, 0.2) is 0 Å². The largest absolute Gasteiger partial charge is 0.786 e. The van der Waals surface area contributed by atoms with Crippen LogP contribution >= 0.6 is 8.60 Å². The Morgan fingerprint density at radius 3 is 2.45 bits per heavy atom. The zero-order valence-corrected chi connectivity index (χ0v) is 8.10. The van der Waals surface area contributed by atoms with Gasteiger partial charge >= 0.3 is 0 Å². The van der Waals surface area contributed by atoms with Crippen LogP contribution in [-0.2, 0) is 9.05 Å². The Bertz CT molecular complexity index is 80.1. The van der Waals surface area contributed by atoms with Gasteiger partial charge in [0.1, 0.15) is 0 Å². The highest BCUT2D eigenvalue weighted by Crippen LogP contribution is 2.27. The van der Waals surface area contributed by atoms with Gasteiger partial charge in [0.05, 0.1) is 15.2 Å². The normalized spacial score (nSPS) is 13.4. The van der Waals surface area contributed by atoms with Gasteiger partial charge in [-0.05, 0) is 13.3 Å². The van der Waals surface area contributed by atoms with Crippen molar-refractivity contribution in [1.29, 1.82) is 0 Å². The maximum absolute atomic E-state index is 10.7. The minimum absolute atomic E-state index is 0.447. The number of hydrogen-bond acceptors (Lipinski definition) is 3. The molecule has 0 aliphatic rings. The summed E-state index contributed by atoms with van der Waals surface area (Å²) in [6.07, 6.45) is 3.23. The third-order valence-electron chi connectivity index (χ3n) is 1.18. The van der Waals surface area contributed by atoms with E-state index in [9.17, 15) is 4.89 Å². The Balaban J connectivity index is 2.97. The summed E-state index contributed by atoms with van der Waals surface area (Å²) in [7, 11) is -1.85. The molecular formula is C7H16O3P-. The third kappa shape index (κ3) is 8.21. The average molecular weight is 179 g/mol. The molecule has 0 spiro atoms. The van der Waals surface area contributed by atoms with Crippen molar-refractivity contribution >= 4 is 8.60 Å². The summed E-state index contributed by atoms with van der Waals surface area (Å²) < 4.78 is 9.58. The smallest absolute Gasteiger partial charge is 0.0828 e. The summed E-state index contributed by atoms with van der Waals surface area (Å²) in [5, 5.41) is 0. The van der Waals surface area contributed by atoms with E-state index in [1.807, 2.05) is 0 Å². The van der Waals surface area contributed by atoms with Crippen LogP contribution in [0.5, 0.6) is 0 Å². The van der Waals surface area contributed by atoms with E-state index < -0.39 is 8.60 Å². The number of hydrogen-bond donors (Lipinski definition) is 0. The molecule has 4 heteroatoms. The van der Waals surface area contributed by atoms with Gasteiger partial charge in [0.2, 0.25) is 0 Å². The molecule has 0 bridgehead atoms. The van der Waals surface area contributed by atoms with Crippen molar-refractivity contribution in [2.45, 2.75) is 33.1 Å². The van der Waals surface area contributed by atoms with Gasteiger partial charge in [-0.3, -0.25) is 0 Å². The standard InChI is InChI=1S/C7H16O3P/c1-3-5-6-7-10-11(8)9-4-2/h3-7H2,1-2H3/q-1. The molecule has 0 N–H and O–H groups in total. The molecule has 0 radical (unpaired) electrons. The fraction of sp³-hybridized carbons (Fsp3) is 1.00. The van der Waals surface area contributed by atoms with Crippen LogP contribution in [0.15, 0.2) is 0 Å². The van der Waals surface area contributed by atoms with Crippen molar-refractivity contribution in [2.24, 2.45) is 0 Å². The summed E-state index contributed by atoms with van der Waals surface area (Å²) >= 11 is 0. The van der Waals surface area contributed by atoms with Gasteiger partial charge in [0, 0.05) is 6.61 Å². The van der Waals surface area contributed by atoms with E-state index in [2.05, 4.69) is 6.92 Å². The lowest BCUT2D eigenvalue weighted by atomic mass is 10.3. The van der Waals surface area contributed by atoms with Gasteiger partial charge in [0.25, 0.3) is 0 Å². The van der Waals surface area contributed by atoms with Crippen LogP contribution < -0.4 is 4.89 Å². The van der Waals surface area contributed by atoms with Crippen molar-refractivity contribution in [3.05, 3.63) is 0 Å². The Morgan fingerprint density at radius 2 is 1.91 bits per heavy atom. The van der Waals surface area contributed by atoms with E-state index >= 15 is 0 Å². The van der Waals surface area contributed by atoms with Crippen molar-refractivity contribution in [2.75, 3.05) is 13.2 Å². The molecule has 0 aliphatic carbocycles. The van der Waals surface area contributed by atoms with E-state index in [-0.39, 0.29) is 0 Å². The second-order valence-electron chi connectivity index (χ2n) is 2.18. The summed E-state index contributed by atoms with van der Waals surface area (Å²) in [6, 6.07) is 0. The molecule has 0 fully saturated rings. The minimum Gasteiger partial charge on any atom is -0.786 e. The highest BCUT2D eigenvalue weighted by Gasteiger charge is 1.92. The zero-order chi connectivity index (χ0) is 8.53. The third-order valence-corrected chi connectivity index (χ3v) is 2.04. The van der Waals surface area contributed by atoms with Crippen molar-refractivity contribution in [3.8, 4) is 0 Å². The monoisotopic (exact) mass is 179 g/mol. The first-order valence-corrected chi connectivity index (χ1v) is 5.13. The van der Waals surface area contributed by atoms with Crippen LogP contribution in [0.25, 0.3) is 0 Å². The van der Waals surface area contributed by atoms with Gasteiger partial charge in [-0.1, -0.05) is 19.8 Å². The number of unbranched alkanes of at least 4 members (excludes halogenated alkanes) is 2. The fourth-order valence-electron chi connectivity index (χ4n) is 0.634. The maximum Gasteiger partial charge on any atom is 0.0828 e. The van der Waals surface area contributed by atoms with Crippen LogP contribution in [-0.4, -0.2) is 13.2 Å². The molecule has 68 valence electrons. The first-order valence-electron chi connectivity index (χ1n) is 4.04. The van der Waals surface area contributed by atoms with Crippen LogP contribution in [0.3, 0.4) is 0 Å². The highest BCUT2D eigenvalue weighted by molar-refractivity contribution is 7.39. The van der Waals surface area contributed by atoms with Crippen molar-refractivity contribution in [3.63, 3.8) is 0 Å². The SMILES string of the molecule is CCCCCOP([O-])OCC. The first-order chi connectivity index (χ1) is 5.31. The molecule has 0 aromatic rings. The molecule has 0 heterocycles. The van der Waals surface area contributed by atoms with Crippen LogP contribution in [0.1, 0.15) is 33.1 Å². The lowest BCUT2D eigenvalue weighted by Gasteiger charge is -2.20. The second-order valence-corrected chi connectivity index (χ2v) is 3.15. The molecule has 0 amide bonds. The van der Waals surface area contributed by atoms with Crippen molar-refractivity contribution < 1.29 is 13.9 Å². The molecule has 0 aromatic carbocycles. The van der Waals surface area contributed by atoms with E-state index in [4.69, 9.17) is 9.05 Å². The van der Waals surface area contributed by atoms with Crippen LogP contribution in [0.4, 0.5) is 0 Å². The molecule has 3 nitrogen and oxygen atoms in total. The summed E-state index contributed by atoms with van der Waals surface area (Å²) in [4.78, 5) is 10.7. The van der Waals surface area contributed by atoms with E-state index in [1.165, 1.54) is 0 Å². The molecule has 11 heavy (non-hydrogen) atoms. The van der Waals surface area contributed by atoms with E-state index in [0.717, 1.165) is 19.3 Å². The van der Waals surface area contributed by atoms with E-state index in [1.54, 1.807) is 6.92 Å². The summed E-state index contributed by atoms with van der Waals surface area (Å²) in [5.74, 6) is 0. The lowest BCUT2D eigenvalue weighted by Crippen LogP contribution is -2.03. The van der Waals surface area contributed by atoms with Crippen LogP contribution in [0, 0.1) is 0 Å². The maximum atomic E-state index is 10.7. The Hall–Kier alpha value is 0.310. The lowest BCUT2D eigenvalue weighted by molar-refractivity contribution is -0.204. The van der Waals surface area contributed by atoms with Gasteiger partial charge < -0.3 is 13.9 Å². The number of rotatable bonds is 7. The quantitative estimate of drug-likeness (QED) is 0.442. The first kappa shape index (κ1) is 11.3. The van der Waals surface area contributed by atoms with Gasteiger partial charge in [-0.15, -0.1) is 0 Å². The van der Waals surface area contributed by atoms with Crippen molar-refractivity contribution in [1.82, 2.24) is 0 Å². The average Bonchev–Trinajstić information content (AvgIpc) is 1.99. The molecule has 0 rings (SSSR count). The van der Waals surface area contributed by atoms with Gasteiger partial charge in [-0.2, -0.15) is 0 Å². The summed E-state index contributed by atoms with van der Waals surface area (Å²) in [5.41, 5.74) is 0. The minimum atomic E-state index is -1.85. The topological polar surface area (TPSA) is 41.5 Å². The van der Waals surface area contributed by atoms with Crippen LogP contribution in [0.2, 0.25) is 0 Å². The molecule has 1 unspecified atom stereocenters. The Kier molecular flexibility index (Phi) is 8.64. The highest BCUT2D eigenvalue weighted by atomic mass is 31.2. The Morgan fingerprint density at radius 1 is 1.18 bits per heavy atom. The predicted molar refractivity (Wildman–Crippen MR) is 44.0 cm³/mol. The Labute approximate surface area is 69.7 Å². The molecule has 0 saturated carbocycles. The van der Waals surface area contributed by atoms with Gasteiger partial charge in [-0.25, -0.2) is 0 Å². The molecule has 0 aromatic heterocycles. The molecule has 0 saturated heterocycles. The molecule has 0 aliphatic heterocycles. The fourth-order valence-corrected chi connectivity index (χ4v) is 1.20.